The van der Waals surface area contributed by atoms with Gasteiger partial charge in [-0.3, -0.25) is 24.6 Å². The Bertz CT molecular complexity index is 2510. The molecule has 2 amide bonds. The van der Waals surface area contributed by atoms with Crippen molar-refractivity contribution in [1.82, 2.24) is 19.9 Å². The smallest absolute Gasteiger partial charge is 0.415 e. The maximum absolute atomic E-state index is 15.3. The molecule has 2 aromatic carbocycles. The number of aromatic carboxylic acids is 1. The number of ether oxygens (including phenoxy) is 4. The van der Waals surface area contributed by atoms with Crippen molar-refractivity contribution in [2.45, 2.75) is 87.0 Å². The minimum Gasteiger partial charge on any atom is -0.489 e. The molecule has 4 unspecified atom stereocenters. The molecule has 3 N–H and O–H groups in total. The van der Waals surface area contributed by atoms with Crippen LogP contribution in [0, 0.1) is 11.6 Å². The van der Waals surface area contributed by atoms with E-state index in [2.05, 4.69) is 29.7 Å². The number of fused-ring (bicyclic) bond motifs is 10. The van der Waals surface area contributed by atoms with Crippen LogP contribution in [0.4, 0.5) is 41.1 Å². The lowest BCUT2D eigenvalue weighted by molar-refractivity contribution is 0.0689. The van der Waals surface area contributed by atoms with E-state index in [1.165, 1.54) is 59.1 Å². The highest BCUT2D eigenvalue weighted by Gasteiger charge is 2.49. The van der Waals surface area contributed by atoms with Crippen LogP contribution in [0.25, 0.3) is 0 Å². The van der Waals surface area contributed by atoms with Gasteiger partial charge < -0.3 is 39.6 Å². The number of cyclic esters (lactones) is 2. The number of benzene rings is 2. The maximum atomic E-state index is 15.3. The van der Waals surface area contributed by atoms with Crippen molar-refractivity contribution < 1.29 is 52.0 Å². The number of nitrogens with zero attached hydrogens (tertiary/aromatic N) is 8. The number of nitrogens with two attached hydrogens (primary N) is 1. The second-order valence-electron chi connectivity index (χ2n) is 17.2. The Kier molecular flexibility index (Phi) is 12.7. The van der Waals surface area contributed by atoms with Crippen molar-refractivity contribution in [3.05, 3.63) is 84.5 Å². The topological polar surface area (TPSA) is 216 Å². The van der Waals surface area contributed by atoms with Crippen LogP contribution in [0.1, 0.15) is 59.5 Å². The van der Waals surface area contributed by atoms with Crippen LogP contribution < -0.4 is 34.8 Å². The molecule has 4 bridgehead atoms. The third-order valence-electron chi connectivity index (χ3n) is 13.4. The lowest BCUT2D eigenvalue weighted by atomic mass is 10.0. The Morgan fingerprint density at radius 2 is 1.13 bits per heavy atom. The summed E-state index contributed by atoms with van der Waals surface area (Å²) in [5.41, 5.74) is 7.90. The SMILES string of the molecule is NC[C@@H]1OC(=O)N2c3cc(F)c(N4C5CCC4CSC5)cc3OC[C@@H]12.O=C(CC[C@@H]1OC(=O)N2c3cc(F)c(N4C5CCC4CSC5)cc3OC[C@@H]12)c1cnccn1.O=C(O)c1cnccn1. The van der Waals surface area contributed by atoms with E-state index in [1.54, 1.807) is 12.1 Å². The van der Waals surface area contributed by atoms with Gasteiger partial charge in [-0.1, -0.05) is 0 Å². The fourth-order valence-corrected chi connectivity index (χ4v) is 12.9. The molecule has 2 aromatic heterocycles. The Balaban J connectivity index is 0.000000136. The van der Waals surface area contributed by atoms with Gasteiger partial charge in [0.25, 0.3) is 0 Å². The molecule has 8 atom stereocenters. The van der Waals surface area contributed by atoms with Crippen LogP contribution in [0.15, 0.2) is 61.4 Å². The highest BCUT2D eigenvalue weighted by Crippen LogP contribution is 2.48. The number of rotatable bonds is 8. The average Bonchev–Trinajstić information content (AvgIpc) is 4.02. The predicted octanol–water partition coefficient (Wildman–Crippen LogP) is 5.58. The Morgan fingerprint density at radius 3 is 1.57 bits per heavy atom. The molecule has 352 valence electrons. The lowest BCUT2D eigenvalue weighted by Gasteiger charge is -2.38. The van der Waals surface area contributed by atoms with E-state index < -0.39 is 36.4 Å². The molecule has 8 aliphatic rings. The number of amides is 2. The molecule has 0 aliphatic carbocycles. The van der Waals surface area contributed by atoms with Gasteiger partial charge >= 0.3 is 18.2 Å². The number of ketones is 1. The Labute approximate surface area is 391 Å². The molecule has 0 spiro atoms. The van der Waals surface area contributed by atoms with Crippen LogP contribution in [0.5, 0.6) is 11.5 Å². The van der Waals surface area contributed by atoms with E-state index in [4.69, 9.17) is 29.8 Å². The van der Waals surface area contributed by atoms with Crippen LogP contribution in [-0.4, -0.2) is 140 Å². The highest BCUT2D eigenvalue weighted by atomic mass is 32.2. The van der Waals surface area contributed by atoms with Gasteiger partial charge in [0.1, 0.15) is 66.3 Å². The summed E-state index contributed by atoms with van der Waals surface area (Å²) in [6.45, 7) is 0.770. The molecule has 67 heavy (non-hydrogen) atoms. The third kappa shape index (κ3) is 8.62. The molecular weight excluding hydrogens is 913 g/mol. The van der Waals surface area contributed by atoms with Gasteiger partial charge in [-0.05, 0) is 32.1 Å². The molecule has 6 fully saturated rings. The zero-order valence-electron chi connectivity index (χ0n) is 36.0. The molecule has 22 heteroatoms. The number of anilines is 4. The van der Waals surface area contributed by atoms with Crippen molar-refractivity contribution in [2.75, 3.05) is 62.4 Å². The van der Waals surface area contributed by atoms with Crippen LogP contribution >= 0.6 is 23.5 Å². The molecule has 0 radical (unpaired) electrons. The summed E-state index contributed by atoms with van der Waals surface area (Å²) in [4.78, 5) is 69.8. The molecule has 18 nitrogen and oxygen atoms in total. The van der Waals surface area contributed by atoms with E-state index >= 15 is 4.39 Å². The van der Waals surface area contributed by atoms with Gasteiger partial charge in [-0.15, -0.1) is 0 Å². The van der Waals surface area contributed by atoms with Gasteiger partial charge in [0.05, 0.1) is 35.1 Å². The Hall–Kier alpha value is -6.00. The van der Waals surface area contributed by atoms with Crippen molar-refractivity contribution in [3.8, 4) is 11.5 Å². The summed E-state index contributed by atoms with van der Waals surface area (Å²) in [6.07, 6.45) is 11.2. The summed E-state index contributed by atoms with van der Waals surface area (Å²) in [5.74, 6) is 3.23. The summed E-state index contributed by atoms with van der Waals surface area (Å²) >= 11 is 3.87. The molecule has 0 saturated carbocycles. The molecule has 4 aromatic rings. The number of hydrogen-bond acceptors (Lipinski definition) is 17. The highest BCUT2D eigenvalue weighted by molar-refractivity contribution is 7.99. The number of thioether (sulfide) groups is 2. The van der Waals surface area contributed by atoms with Crippen LogP contribution in [0.2, 0.25) is 0 Å². The lowest BCUT2D eigenvalue weighted by Crippen LogP contribution is -2.47. The third-order valence-corrected chi connectivity index (χ3v) is 15.9. The number of carboxylic acid groups (broad SMARTS) is 1. The van der Waals surface area contributed by atoms with Crippen molar-refractivity contribution in [2.24, 2.45) is 5.73 Å². The molecular formula is C45H47F2N9O9S2. The van der Waals surface area contributed by atoms with E-state index in [0.717, 1.165) is 48.7 Å². The summed E-state index contributed by atoms with van der Waals surface area (Å²) < 4.78 is 53.0. The maximum Gasteiger partial charge on any atom is 0.415 e. The standard InChI is InChI=1S/C23H23FN4O4S.C17H20FN3O3S.C5H4N2O2/c24-15-7-18-22(8-17(15)27-13-1-2-14(27)12-33-11-13)31-10-19-21(32-23(30)28(18)19)4-3-20(29)16-9-25-5-6-26-16;18-11-3-13-15(23-6-14-16(5-19)24-17(22)21(13)14)4-12(11)20-9-1-2-10(20)8-25-7-9;8-5(9)4-3-6-1-2-7-4/h5-9,13-14,19,21H,1-4,10-12H2;3-4,9-10,14,16H,1-2,5-8,19H2;1-3H,(H,8,9)/t13?,14?,19-,21-;9?,10?,14-,16-;/m00./s1. The van der Waals surface area contributed by atoms with Gasteiger partial charge in [0.15, 0.2) is 11.5 Å². The quantitative estimate of drug-likeness (QED) is 0.206. The predicted molar refractivity (Wildman–Crippen MR) is 244 cm³/mol. The summed E-state index contributed by atoms with van der Waals surface area (Å²) in [6, 6.07) is 7.04. The van der Waals surface area contributed by atoms with E-state index in [1.807, 2.05) is 23.5 Å². The van der Waals surface area contributed by atoms with Gasteiger partial charge in [0, 0.05) is 109 Å². The summed E-state index contributed by atoms with van der Waals surface area (Å²) in [7, 11) is 0. The fraction of sp³-hybridized carbons (Fsp3) is 0.467. The molecule has 10 heterocycles. The van der Waals surface area contributed by atoms with Gasteiger partial charge in [-0.25, -0.2) is 33.1 Å². The minimum absolute atomic E-state index is 0.0301. The number of carbonyl (C=O) groups is 4. The molecule has 6 saturated heterocycles. The zero-order valence-corrected chi connectivity index (χ0v) is 37.7. The molecule has 12 rings (SSSR count). The first kappa shape index (κ1) is 44.8. The first-order valence-electron chi connectivity index (χ1n) is 22.2. The largest absolute Gasteiger partial charge is 0.489 e. The second-order valence-corrected chi connectivity index (χ2v) is 19.4. The average molecular weight is 960 g/mol. The monoisotopic (exact) mass is 959 g/mol. The number of carbonyl (C=O) groups excluding carboxylic acids is 3. The van der Waals surface area contributed by atoms with Gasteiger partial charge in [-0.2, -0.15) is 23.5 Å². The first-order valence-corrected chi connectivity index (χ1v) is 24.5. The van der Waals surface area contributed by atoms with Crippen molar-refractivity contribution in [3.63, 3.8) is 0 Å². The normalized spacial score (nSPS) is 27.1. The zero-order chi connectivity index (χ0) is 46.3. The fourth-order valence-electron chi connectivity index (χ4n) is 10.2. The van der Waals surface area contributed by atoms with Crippen molar-refractivity contribution >= 4 is 70.2 Å². The Morgan fingerprint density at radius 1 is 0.672 bits per heavy atom. The number of halogens is 2. The van der Waals surface area contributed by atoms with Gasteiger partial charge in [0.2, 0.25) is 0 Å². The summed E-state index contributed by atoms with van der Waals surface area (Å²) in [5, 5.41) is 8.28. The number of hydrogen-bond donors (Lipinski definition) is 2. The van der Waals surface area contributed by atoms with E-state index in [9.17, 15) is 23.6 Å². The second kappa shape index (κ2) is 18.9. The van der Waals surface area contributed by atoms with Crippen LogP contribution in [0.3, 0.4) is 0 Å². The van der Waals surface area contributed by atoms with E-state index in [-0.39, 0.29) is 54.4 Å². The number of carboxylic acids is 1. The number of Topliss-reactive ketones (excluding diaryl/α,β-unsaturated/α-hetero) is 1. The molecule has 8 aliphatic heterocycles. The van der Waals surface area contributed by atoms with Crippen molar-refractivity contribution in [1.29, 1.82) is 0 Å². The first-order chi connectivity index (χ1) is 32.6. The van der Waals surface area contributed by atoms with Crippen LogP contribution in [-0.2, 0) is 9.47 Å². The number of aromatic nitrogens is 4. The minimum atomic E-state index is -1.05. The van der Waals surface area contributed by atoms with E-state index in [0.29, 0.717) is 71.4 Å².